The molecule has 4 aromatic rings. The lowest BCUT2D eigenvalue weighted by molar-refractivity contribution is 0.415. The van der Waals surface area contributed by atoms with Crippen LogP contribution in [-0.4, -0.2) is 12.2 Å². The Morgan fingerprint density at radius 1 is 0.966 bits per heavy atom. The van der Waals surface area contributed by atoms with Crippen LogP contribution in [0.3, 0.4) is 0 Å². The zero-order valence-electron chi connectivity index (χ0n) is 15.3. The fourth-order valence-electron chi connectivity index (χ4n) is 2.78. The largest absolute Gasteiger partial charge is 0.505 e. The second kappa shape index (κ2) is 7.77. The molecular weight excluding hydrogens is 392 g/mol. The van der Waals surface area contributed by atoms with Crippen LogP contribution >= 0.6 is 11.6 Å². The van der Waals surface area contributed by atoms with Crippen LogP contribution in [0.5, 0.6) is 11.5 Å². The van der Waals surface area contributed by atoms with Gasteiger partial charge in [0, 0.05) is 22.7 Å². The summed E-state index contributed by atoms with van der Waals surface area (Å²) in [6.07, 6.45) is 0. The van der Waals surface area contributed by atoms with Gasteiger partial charge in [-0.25, -0.2) is 0 Å². The predicted octanol–water partition coefficient (Wildman–Crippen LogP) is 6.24. The van der Waals surface area contributed by atoms with Gasteiger partial charge in [0.2, 0.25) is 0 Å². The minimum absolute atomic E-state index is 0.148. The number of benzene rings is 3. The highest BCUT2D eigenvalue weighted by Gasteiger charge is 2.11. The van der Waals surface area contributed by atoms with Crippen molar-refractivity contribution in [2.75, 3.05) is 7.11 Å². The predicted molar refractivity (Wildman–Crippen MR) is 112 cm³/mol. The SMILES string of the molecule is COc1ccc(-c2cc(=O)c3cc(N=Nc4ccc(Cl)cc4)c(O)cc3o2)cc1. The van der Waals surface area contributed by atoms with Gasteiger partial charge in [0.1, 0.15) is 28.5 Å². The normalized spacial score (nSPS) is 11.2. The molecule has 0 aliphatic rings. The fraction of sp³-hybridized carbons (Fsp3) is 0.0455. The van der Waals surface area contributed by atoms with Gasteiger partial charge in [-0.2, -0.15) is 5.11 Å². The summed E-state index contributed by atoms with van der Waals surface area (Å²) in [6.45, 7) is 0. The molecule has 0 aliphatic heterocycles. The third-order valence-corrected chi connectivity index (χ3v) is 4.55. The van der Waals surface area contributed by atoms with E-state index in [1.807, 2.05) is 0 Å². The smallest absolute Gasteiger partial charge is 0.193 e. The zero-order chi connectivity index (χ0) is 20.4. The first-order valence-electron chi connectivity index (χ1n) is 8.66. The molecule has 1 heterocycles. The maximum absolute atomic E-state index is 12.6. The van der Waals surface area contributed by atoms with Crippen molar-refractivity contribution in [1.29, 1.82) is 0 Å². The van der Waals surface area contributed by atoms with Gasteiger partial charge in [-0.1, -0.05) is 11.6 Å². The number of hydrogen-bond acceptors (Lipinski definition) is 6. The molecular formula is C22H15ClN2O4. The van der Waals surface area contributed by atoms with Crippen molar-refractivity contribution in [3.63, 3.8) is 0 Å². The number of azo groups is 1. The van der Waals surface area contributed by atoms with E-state index in [1.54, 1.807) is 55.6 Å². The molecule has 4 rings (SSSR count). The molecule has 0 aliphatic carbocycles. The van der Waals surface area contributed by atoms with Crippen LogP contribution in [0, 0.1) is 0 Å². The highest BCUT2D eigenvalue weighted by atomic mass is 35.5. The first-order chi connectivity index (χ1) is 14.0. The van der Waals surface area contributed by atoms with Crippen molar-refractivity contribution in [3.05, 3.63) is 82.0 Å². The first kappa shape index (κ1) is 18.7. The molecule has 7 heteroatoms. The molecule has 3 aromatic carbocycles. The summed E-state index contributed by atoms with van der Waals surface area (Å²) in [5, 5.41) is 19.3. The van der Waals surface area contributed by atoms with Crippen LogP contribution < -0.4 is 10.2 Å². The van der Waals surface area contributed by atoms with Gasteiger partial charge in [-0.3, -0.25) is 4.79 Å². The summed E-state index contributed by atoms with van der Waals surface area (Å²) < 4.78 is 11.0. The number of phenolic OH excluding ortho intramolecular Hbond substituents is 1. The number of rotatable bonds is 4. The quantitative estimate of drug-likeness (QED) is 0.406. The topological polar surface area (TPSA) is 84.4 Å². The van der Waals surface area contributed by atoms with Crippen LogP contribution in [0.2, 0.25) is 5.02 Å². The van der Waals surface area contributed by atoms with Crippen molar-refractivity contribution < 1.29 is 14.3 Å². The average Bonchev–Trinajstić information content (AvgIpc) is 2.73. The zero-order valence-corrected chi connectivity index (χ0v) is 16.1. The molecule has 0 unspecified atom stereocenters. The summed E-state index contributed by atoms with van der Waals surface area (Å²) in [5.74, 6) is 0.940. The van der Waals surface area contributed by atoms with Crippen molar-refractivity contribution in [3.8, 4) is 22.8 Å². The summed E-state index contributed by atoms with van der Waals surface area (Å²) in [5.41, 5.74) is 1.45. The van der Waals surface area contributed by atoms with Crippen molar-refractivity contribution in [1.82, 2.24) is 0 Å². The van der Waals surface area contributed by atoms with E-state index in [0.717, 1.165) is 5.56 Å². The molecule has 0 bridgehead atoms. The Morgan fingerprint density at radius 3 is 2.38 bits per heavy atom. The van der Waals surface area contributed by atoms with E-state index in [4.69, 9.17) is 20.8 Å². The Morgan fingerprint density at radius 2 is 1.69 bits per heavy atom. The Kier molecular flexibility index (Phi) is 5.01. The van der Waals surface area contributed by atoms with Gasteiger partial charge in [0.05, 0.1) is 18.2 Å². The lowest BCUT2D eigenvalue weighted by Crippen LogP contribution is -2.00. The third-order valence-electron chi connectivity index (χ3n) is 4.30. The minimum Gasteiger partial charge on any atom is -0.505 e. The number of aromatic hydroxyl groups is 1. The van der Waals surface area contributed by atoms with Crippen LogP contribution in [0.1, 0.15) is 0 Å². The molecule has 0 spiro atoms. The number of nitrogens with zero attached hydrogens (tertiary/aromatic N) is 2. The Hall–Kier alpha value is -3.64. The second-order valence-electron chi connectivity index (χ2n) is 6.22. The van der Waals surface area contributed by atoms with Gasteiger partial charge in [0.15, 0.2) is 5.43 Å². The number of phenols is 1. The van der Waals surface area contributed by atoms with Gasteiger partial charge >= 0.3 is 0 Å². The summed E-state index contributed by atoms with van der Waals surface area (Å²) >= 11 is 5.85. The maximum atomic E-state index is 12.6. The molecule has 0 atom stereocenters. The standard InChI is InChI=1S/C22H15ClN2O4/c1-28-16-8-2-13(3-9-16)21-11-19(26)17-10-18(20(27)12-22(17)29-21)25-24-15-6-4-14(23)5-7-15/h2-12,27H,1H3. The van der Waals surface area contributed by atoms with Crippen molar-refractivity contribution in [2.24, 2.45) is 10.2 Å². The summed E-state index contributed by atoms with van der Waals surface area (Å²) in [4.78, 5) is 12.6. The highest BCUT2D eigenvalue weighted by molar-refractivity contribution is 6.30. The van der Waals surface area contributed by atoms with Crippen LogP contribution in [0.25, 0.3) is 22.3 Å². The van der Waals surface area contributed by atoms with Gasteiger partial charge in [-0.05, 0) is 54.6 Å². The van der Waals surface area contributed by atoms with E-state index in [1.165, 1.54) is 18.2 Å². The molecule has 29 heavy (non-hydrogen) atoms. The molecule has 0 saturated heterocycles. The molecule has 144 valence electrons. The second-order valence-corrected chi connectivity index (χ2v) is 6.65. The number of ether oxygens (including phenoxy) is 1. The third kappa shape index (κ3) is 3.97. The monoisotopic (exact) mass is 406 g/mol. The molecule has 1 aromatic heterocycles. The molecule has 0 saturated carbocycles. The van der Waals surface area contributed by atoms with E-state index in [0.29, 0.717) is 27.6 Å². The highest BCUT2D eigenvalue weighted by Crippen LogP contribution is 2.33. The molecule has 0 amide bonds. The Labute approximate surface area is 170 Å². The van der Waals surface area contributed by atoms with E-state index in [9.17, 15) is 9.90 Å². The lowest BCUT2D eigenvalue weighted by Gasteiger charge is -2.06. The van der Waals surface area contributed by atoms with Crippen molar-refractivity contribution >= 4 is 33.9 Å². The van der Waals surface area contributed by atoms with Gasteiger partial charge in [0.25, 0.3) is 0 Å². The van der Waals surface area contributed by atoms with Crippen LogP contribution in [0.4, 0.5) is 11.4 Å². The minimum atomic E-state index is -0.250. The van der Waals surface area contributed by atoms with E-state index < -0.39 is 0 Å². The molecule has 0 fully saturated rings. The Balaban J connectivity index is 1.73. The molecule has 0 radical (unpaired) electrons. The number of hydrogen-bond donors (Lipinski definition) is 1. The molecule has 1 N–H and O–H groups in total. The van der Waals surface area contributed by atoms with E-state index in [2.05, 4.69) is 10.2 Å². The summed E-state index contributed by atoms with van der Waals surface area (Å²) in [7, 11) is 1.58. The van der Waals surface area contributed by atoms with Crippen LogP contribution in [-0.2, 0) is 0 Å². The van der Waals surface area contributed by atoms with Crippen molar-refractivity contribution in [2.45, 2.75) is 0 Å². The molecule has 6 nitrogen and oxygen atoms in total. The number of methoxy groups -OCH3 is 1. The average molecular weight is 407 g/mol. The number of halogens is 1. The lowest BCUT2D eigenvalue weighted by atomic mass is 10.1. The Bertz CT molecular complexity index is 1260. The van der Waals surface area contributed by atoms with Crippen LogP contribution in [0.15, 0.2) is 86.2 Å². The number of fused-ring (bicyclic) bond motifs is 1. The van der Waals surface area contributed by atoms with Gasteiger partial charge < -0.3 is 14.3 Å². The van der Waals surface area contributed by atoms with E-state index in [-0.39, 0.29) is 22.4 Å². The maximum Gasteiger partial charge on any atom is 0.193 e. The fourth-order valence-corrected chi connectivity index (χ4v) is 2.90. The summed E-state index contributed by atoms with van der Waals surface area (Å²) in [6, 6.07) is 18.1. The van der Waals surface area contributed by atoms with E-state index >= 15 is 0 Å². The first-order valence-corrected chi connectivity index (χ1v) is 9.04. The van der Waals surface area contributed by atoms with Gasteiger partial charge in [-0.15, -0.1) is 5.11 Å².